The largest absolute Gasteiger partial charge is 0.309 e. The predicted molar refractivity (Wildman–Crippen MR) is 160 cm³/mol. The molecule has 4 heteroatoms. The summed E-state index contributed by atoms with van der Waals surface area (Å²) in [5, 5.41) is 3.88. The molecule has 0 bridgehead atoms. The smallest absolute Gasteiger partial charge is 0.123 e. The number of hydrogen-bond acceptors (Lipinski definition) is 0. The van der Waals surface area contributed by atoms with Crippen molar-refractivity contribution in [2.45, 2.75) is 0 Å². The minimum atomic E-state index is -0.234. The van der Waals surface area contributed by atoms with E-state index in [0.29, 0.717) is 0 Å². The lowest BCUT2D eigenvalue weighted by molar-refractivity contribution is 0.629. The number of aromatic nitrogens is 2. The van der Waals surface area contributed by atoms with Crippen LogP contribution in [0.2, 0.25) is 0 Å². The van der Waals surface area contributed by atoms with E-state index in [2.05, 4.69) is 69.8 Å². The summed E-state index contributed by atoms with van der Waals surface area (Å²) in [6.07, 6.45) is 0. The molecule has 0 amide bonds. The Labute approximate surface area is 228 Å². The summed E-state index contributed by atoms with van der Waals surface area (Å²) in [5.41, 5.74) is 8.30. The molecule has 0 fully saturated rings. The van der Waals surface area contributed by atoms with Gasteiger partial charge in [0.15, 0.2) is 0 Å². The Hall–Kier alpha value is -5.22. The predicted octanol–water partition coefficient (Wildman–Crippen LogP) is 9.83. The summed E-state index contributed by atoms with van der Waals surface area (Å²) >= 11 is 0. The lowest BCUT2D eigenvalue weighted by atomic mass is 10.0. The number of rotatable bonds is 3. The van der Waals surface area contributed by atoms with Crippen molar-refractivity contribution in [2.75, 3.05) is 0 Å². The number of hydrogen-bond donors (Lipinski definition) is 0. The molecule has 0 spiro atoms. The van der Waals surface area contributed by atoms with Gasteiger partial charge in [0.25, 0.3) is 0 Å². The van der Waals surface area contributed by atoms with Gasteiger partial charge in [0.2, 0.25) is 0 Å². The van der Waals surface area contributed by atoms with Crippen LogP contribution in [-0.4, -0.2) is 9.13 Å². The van der Waals surface area contributed by atoms with Crippen LogP contribution in [0.4, 0.5) is 8.78 Å². The zero-order chi connectivity index (χ0) is 26.8. The number of benzene rings is 6. The molecule has 2 aromatic heterocycles. The second-order valence-corrected chi connectivity index (χ2v) is 10.1. The molecule has 0 aliphatic rings. The topological polar surface area (TPSA) is 9.86 Å². The summed E-state index contributed by atoms with van der Waals surface area (Å²) in [6, 6.07) is 43.1. The third kappa shape index (κ3) is 3.39. The molecule has 0 aliphatic carbocycles. The van der Waals surface area contributed by atoms with Gasteiger partial charge in [-0.2, -0.15) is 0 Å². The molecule has 2 heterocycles. The van der Waals surface area contributed by atoms with Gasteiger partial charge in [-0.25, -0.2) is 8.78 Å². The van der Waals surface area contributed by atoms with E-state index >= 15 is 0 Å². The fraction of sp³-hybridized carbons (Fsp3) is 0. The van der Waals surface area contributed by atoms with Crippen LogP contribution in [0.1, 0.15) is 0 Å². The van der Waals surface area contributed by atoms with Crippen molar-refractivity contribution in [3.8, 4) is 22.5 Å². The average Bonchev–Trinajstić information content (AvgIpc) is 3.50. The van der Waals surface area contributed by atoms with Crippen LogP contribution in [0.25, 0.3) is 66.1 Å². The maximum absolute atomic E-state index is 14.1. The van der Waals surface area contributed by atoms with E-state index in [9.17, 15) is 8.78 Å². The monoisotopic (exact) mass is 520 g/mol. The van der Waals surface area contributed by atoms with Crippen LogP contribution in [-0.2, 0) is 0 Å². The Balaban J connectivity index is 1.19. The minimum absolute atomic E-state index is 0.234. The third-order valence-electron chi connectivity index (χ3n) is 7.85. The van der Waals surface area contributed by atoms with E-state index in [0.717, 1.165) is 66.1 Å². The fourth-order valence-corrected chi connectivity index (χ4v) is 6.05. The normalized spacial score (nSPS) is 11.8. The SMILES string of the molecule is Fc1ccc2c(c1)c1ccccc1n2-c1ccc(-c2ccc(-n3c4ccccc4c4cc(F)ccc43)cc2)cc1. The van der Waals surface area contributed by atoms with Gasteiger partial charge in [-0.1, -0.05) is 60.7 Å². The first-order valence-corrected chi connectivity index (χ1v) is 13.2. The van der Waals surface area contributed by atoms with Crippen molar-refractivity contribution < 1.29 is 8.78 Å². The molecule has 0 unspecified atom stereocenters. The summed E-state index contributed by atoms with van der Waals surface area (Å²) in [5.74, 6) is -0.468. The Bertz CT molecular complexity index is 2060. The molecular weight excluding hydrogens is 498 g/mol. The summed E-state index contributed by atoms with van der Waals surface area (Å²) < 4.78 is 32.5. The number of halogens is 2. The summed E-state index contributed by atoms with van der Waals surface area (Å²) in [4.78, 5) is 0. The summed E-state index contributed by atoms with van der Waals surface area (Å²) in [7, 11) is 0. The van der Waals surface area contributed by atoms with E-state index in [1.54, 1.807) is 12.1 Å². The van der Waals surface area contributed by atoms with E-state index in [1.807, 2.05) is 48.5 Å². The molecule has 2 nitrogen and oxygen atoms in total. The molecule has 40 heavy (non-hydrogen) atoms. The van der Waals surface area contributed by atoms with Crippen LogP contribution in [0.15, 0.2) is 133 Å². The van der Waals surface area contributed by atoms with E-state index in [1.165, 1.54) is 12.1 Å². The van der Waals surface area contributed by atoms with Crippen molar-refractivity contribution in [3.05, 3.63) is 145 Å². The maximum atomic E-state index is 14.1. The van der Waals surface area contributed by atoms with E-state index < -0.39 is 0 Å². The molecule has 0 N–H and O–H groups in total. The number of para-hydroxylation sites is 2. The number of nitrogens with zero attached hydrogens (tertiary/aromatic N) is 2. The Morgan fingerprint density at radius 1 is 0.350 bits per heavy atom. The first-order chi connectivity index (χ1) is 19.7. The van der Waals surface area contributed by atoms with Crippen molar-refractivity contribution in [1.29, 1.82) is 0 Å². The lowest BCUT2D eigenvalue weighted by Gasteiger charge is -2.11. The Morgan fingerprint density at radius 3 is 1.15 bits per heavy atom. The standard InChI is InChI=1S/C36H22F2N2/c37-25-13-19-35-31(21-25)29-5-1-3-7-33(29)39(35)27-15-9-23(10-16-27)24-11-17-28(18-12-24)40-34-8-4-2-6-30(34)32-22-26(38)14-20-36(32)40/h1-22H. The molecule has 0 saturated heterocycles. The van der Waals surface area contributed by atoms with Gasteiger partial charge in [-0.3, -0.25) is 0 Å². The Morgan fingerprint density at radius 2 is 0.725 bits per heavy atom. The van der Waals surface area contributed by atoms with Gasteiger partial charge in [0.05, 0.1) is 22.1 Å². The molecule has 190 valence electrons. The van der Waals surface area contributed by atoms with Crippen LogP contribution < -0.4 is 0 Å². The minimum Gasteiger partial charge on any atom is -0.309 e. The van der Waals surface area contributed by atoms with Gasteiger partial charge >= 0.3 is 0 Å². The molecular formula is C36H22F2N2. The molecule has 0 atom stereocenters. The first-order valence-electron chi connectivity index (χ1n) is 13.2. The Kier molecular flexibility index (Phi) is 4.92. The van der Waals surface area contributed by atoms with E-state index in [-0.39, 0.29) is 11.6 Å². The first kappa shape index (κ1) is 22.7. The highest BCUT2D eigenvalue weighted by atomic mass is 19.1. The second kappa shape index (κ2) is 8.65. The third-order valence-corrected chi connectivity index (χ3v) is 7.85. The van der Waals surface area contributed by atoms with E-state index in [4.69, 9.17) is 0 Å². The van der Waals surface area contributed by atoms with Gasteiger partial charge in [-0.15, -0.1) is 0 Å². The molecule has 0 saturated carbocycles. The maximum Gasteiger partial charge on any atom is 0.123 e. The highest BCUT2D eigenvalue weighted by Crippen LogP contribution is 2.35. The molecule has 0 aliphatic heterocycles. The van der Waals surface area contributed by atoms with Crippen molar-refractivity contribution >= 4 is 43.6 Å². The average molecular weight is 521 g/mol. The van der Waals surface area contributed by atoms with Crippen molar-refractivity contribution in [3.63, 3.8) is 0 Å². The highest BCUT2D eigenvalue weighted by molar-refractivity contribution is 6.10. The zero-order valence-electron chi connectivity index (χ0n) is 21.4. The summed E-state index contributed by atoms with van der Waals surface area (Å²) in [6.45, 7) is 0. The lowest BCUT2D eigenvalue weighted by Crippen LogP contribution is -1.95. The van der Waals surface area contributed by atoms with Crippen molar-refractivity contribution in [2.24, 2.45) is 0 Å². The quantitative estimate of drug-likeness (QED) is 0.219. The molecule has 8 rings (SSSR count). The molecule has 8 aromatic rings. The highest BCUT2D eigenvalue weighted by Gasteiger charge is 2.14. The van der Waals surface area contributed by atoms with Crippen molar-refractivity contribution in [1.82, 2.24) is 9.13 Å². The molecule has 0 radical (unpaired) electrons. The van der Waals surface area contributed by atoms with Crippen LogP contribution in [0, 0.1) is 11.6 Å². The zero-order valence-corrected chi connectivity index (χ0v) is 21.4. The van der Waals surface area contributed by atoms with Gasteiger partial charge in [-0.05, 0) is 83.9 Å². The van der Waals surface area contributed by atoms with Gasteiger partial charge in [0.1, 0.15) is 11.6 Å². The van der Waals surface area contributed by atoms with Gasteiger partial charge < -0.3 is 9.13 Å². The van der Waals surface area contributed by atoms with Crippen LogP contribution in [0.5, 0.6) is 0 Å². The molecule has 6 aromatic carbocycles. The number of fused-ring (bicyclic) bond motifs is 6. The van der Waals surface area contributed by atoms with Crippen LogP contribution in [0.3, 0.4) is 0 Å². The second-order valence-electron chi connectivity index (χ2n) is 10.1. The van der Waals surface area contributed by atoms with Gasteiger partial charge in [0, 0.05) is 32.9 Å². The fourth-order valence-electron chi connectivity index (χ4n) is 6.05. The van der Waals surface area contributed by atoms with Crippen LogP contribution >= 0.6 is 0 Å².